The van der Waals surface area contributed by atoms with E-state index >= 15 is 0 Å². The second-order valence-corrected chi connectivity index (χ2v) is 6.79. The number of rotatable bonds is 5. The van der Waals surface area contributed by atoms with Crippen LogP contribution in [0.5, 0.6) is 0 Å². The zero-order valence-corrected chi connectivity index (χ0v) is 13.7. The first-order valence-corrected chi connectivity index (χ1v) is 8.60. The summed E-state index contributed by atoms with van der Waals surface area (Å²) in [5, 5.41) is 15.1. The molecule has 6 nitrogen and oxygen atoms in total. The lowest BCUT2D eigenvalue weighted by atomic mass is 10.00. The predicted molar refractivity (Wildman–Crippen MR) is 90.1 cm³/mol. The van der Waals surface area contributed by atoms with Gasteiger partial charge in [0.05, 0.1) is 11.1 Å². The van der Waals surface area contributed by atoms with Gasteiger partial charge < -0.3 is 4.57 Å². The Balaban J connectivity index is 1.66. The Kier molecular flexibility index (Phi) is 4.58. The number of aromatic nitrogens is 1. The van der Waals surface area contributed by atoms with Crippen LogP contribution in [-0.2, 0) is 6.54 Å². The molecule has 2 aromatic rings. The molecule has 0 radical (unpaired) electrons. The second-order valence-electron chi connectivity index (χ2n) is 6.01. The summed E-state index contributed by atoms with van der Waals surface area (Å²) in [6.07, 6.45) is 2.44. The van der Waals surface area contributed by atoms with Gasteiger partial charge in [0.15, 0.2) is 0 Å². The molecule has 1 aliphatic heterocycles. The van der Waals surface area contributed by atoms with Crippen molar-refractivity contribution in [3.8, 4) is 0 Å². The third-order valence-electron chi connectivity index (χ3n) is 4.53. The average Bonchev–Trinajstić information content (AvgIpc) is 3.16. The molecule has 0 unspecified atom stereocenters. The van der Waals surface area contributed by atoms with Crippen molar-refractivity contribution in [1.82, 2.24) is 9.47 Å². The van der Waals surface area contributed by atoms with E-state index in [0.29, 0.717) is 18.5 Å². The van der Waals surface area contributed by atoms with Crippen molar-refractivity contribution in [2.75, 3.05) is 13.1 Å². The molecule has 0 bridgehead atoms. The van der Waals surface area contributed by atoms with Crippen LogP contribution in [0.1, 0.15) is 24.8 Å². The van der Waals surface area contributed by atoms with E-state index in [2.05, 4.69) is 28.7 Å². The van der Waals surface area contributed by atoms with E-state index < -0.39 is 4.92 Å². The maximum Gasteiger partial charge on any atom is 0.285 e. The molecule has 0 saturated carbocycles. The molecule has 23 heavy (non-hydrogen) atoms. The first-order valence-electron chi connectivity index (χ1n) is 7.65. The van der Waals surface area contributed by atoms with Gasteiger partial charge >= 0.3 is 0 Å². The molecular weight excluding hydrogens is 314 g/mol. The highest BCUT2D eigenvalue weighted by Gasteiger charge is 2.29. The highest BCUT2D eigenvalue weighted by molar-refractivity contribution is 7.07. The van der Waals surface area contributed by atoms with Crippen LogP contribution in [0.4, 0.5) is 5.69 Å². The van der Waals surface area contributed by atoms with Crippen LogP contribution in [0.2, 0.25) is 0 Å². The van der Waals surface area contributed by atoms with E-state index in [1.807, 2.05) is 0 Å². The largest absolute Gasteiger partial charge is 0.308 e. The first kappa shape index (κ1) is 15.9. The SMILES string of the molecule is C[C@H]1C[C@@H](c2ccsc2)CN1CCn1cc([N+](=O)[O-])ccc1=O. The molecule has 1 fully saturated rings. The molecule has 2 aromatic heterocycles. The van der Waals surface area contributed by atoms with E-state index in [0.717, 1.165) is 19.5 Å². The lowest BCUT2D eigenvalue weighted by Crippen LogP contribution is -2.33. The topological polar surface area (TPSA) is 68.4 Å². The van der Waals surface area contributed by atoms with Crippen molar-refractivity contribution in [1.29, 1.82) is 0 Å². The summed E-state index contributed by atoms with van der Waals surface area (Å²) in [6, 6.07) is 5.15. The fourth-order valence-corrected chi connectivity index (χ4v) is 3.94. The molecule has 0 amide bonds. The number of pyridine rings is 1. The van der Waals surface area contributed by atoms with Crippen LogP contribution in [0.25, 0.3) is 0 Å². The van der Waals surface area contributed by atoms with Crippen LogP contribution in [0.15, 0.2) is 40.0 Å². The zero-order valence-electron chi connectivity index (χ0n) is 12.9. The maximum absolute atomic E-state index is 11.9. The molecule has 7 heteroatoms. The van der Waals surface area contributed by atoms with E-state index in [1.165, 1.54) is 28.5 Å². The normalized spacial score (nSPS) is 21.6. The molecular formula is C16H19N3O3S. The molecule has 122 valence electrons. The number of hydrogen-bond donors (Lipinski definition) is 0. The monoisotopic (exact) mass is 333 g/mol. The smallest absolute Gasteiger partial charge is 0.285 e. The molecule has 0 N–H and O–H groups in total. The van der Waals surface area contributed by atoms with E-state index in [-0.39, 0.29) is 11.2 Å². The van der Waals surface area contributed by atoms with E-state index in [1.54, 1.807) is 11.3 Å². The fourth-order valence-electron chi connectivity index (χ4n) is 3.20. The fraction of sp³-hybridized carbons (Fsp3) is 0.438. The molecule has 3 heterocycles. The Morgan fingerprint density at radius 1 is 1.35 bits per heavy atom. The minimum absolute atomic E-state index is 0.0461. The van der Waals surface area contributed by atoms with Crippen LogP contribution < -0.4 is 5.56 Å². The van der Waals surface area contributed by atoms with Gasteiger partial charge in [0, 0.05) is 37.8 Å². The summed E-state index contributed by atoms with van der Waals surface area (Å²) >= 11 is 1.72. The van der Waals surface area contributed by atoms with Gasteiger partial charge in [0.1, 0.15) is 0 Å². The Labute approximate surface area is 138 Å². The third kappa shape index (κ3) is 3.51. The number of nitrogens with zero attached hydrogens (tertiary/aromatic N) is 3. The zero-order chi connectivity index (χ0) is 16.4. The average molecular weight is 333 g/mol. The van der Waals surface area contributed by atoms with Crippen molar-refractivity contribution in [2.45, 2.75) is 31.8 Å². The first-order chi connectivity index (χ1) is 11.0. The van der Waals surface area contributed by atoms with Gasteiger partial charge in [-0.2, -0.15) is 11.3 Å². The molecule has 1 saturated heterocycles. The van der Waals surface area contributed by atoms with Crippen molar-refractivity contribution >= 4 is 17.0 Å². The van der Waals surface area contributed by atoms with E-state index in [4.69, 9.17) is 0 Å². The molecule has 1 aliphatic rings. The number of hydrogen-bond acceptors (Lipinski definition) is 5. The maximum atomic E-state index is 11.9. The molecule has 3 rings (SSSR count). The van der Waals surface area contributed by atoms with Gasteiger partial charge in [-0.05, 0) is 41.7 Å². The standard InChI is InChI=1S/C16H19N3O3S/c1-12-8-14(13-4-7-23-11-13)9-17(12)5-6-18-10-15(19(21)22)2-3-16(18)20/h2-4,7,10-12,14H,5-6,8-9H2,1H3/t12-,14+/m0/s1. The second kappa shape index (κ2) is 6.64. The molecule has 0 aliphatic carbocycles. The minimum Gasteiger partial charge on any atom is -0.308 e. The third-order valence-corrected chi connectivity index (χ3v) is 5.23. The lowest BCUT2D eigenvalue weighted by molar-refractivity contribution is -0.385. The summed E-state index contributed by atoms with van der Waals surface area (Å²) < 4.78 is 1.43. The summed E-state index contributed by atoms with van der Waals surface area (Å²) in [5.41, 5.74) is 1.14. The Hall–Kier alpha value is -1.99. The number of thiophene rings is 1. The van der Waals surface area contributed by atoms with Gasteiger partial charge in [0.25, 0.3) is 11.2 Å². The van der Waals surface area contributed by atoms with Crippen LogP contribution in [0.3, 0.4) is 0 Å². The summed E-state index contributed by atoms with van der Waals surface area (Å²) in [6.45, 7) is 4.37. The Morgan fingerprint density at radius 2 is 2.17 bits per heavy atom. The summed E-state index contributed by atoms with van der Waals surface area (Å²) in [4.78, 5) is 24.6. The molecule has 0 spiro atoms. The Bertz CT molecular complexity index is 741. The Morgan fingerprint density at radius 3 is 2.87 bits per heavy atom. The van der Waals surface area contributed by atoms with Crippen molar-refractivity contribution in [3.05, 3.63) is 61.2 Å². The highest BCUT2D eigenvalue weighted by atomic mass is 32.1. The van der Waals surface area contributed by atoms with Gasteiger partial charge in [-0.25, -0.2) is 0 Å². The summed E-state index contributed by atoms with van der Waals surface area (Å²) in [7, 11) is 0. The predicted octanol–water partition coefficient (Wildman–Crippen LogP) is 2.70. The van der Waals surface area contributed by atoms with Gasteiger partial charge in [-0.15, -0.1) is 0 Å². The van der Waals surface area contributed by atoms with Crippen molar-refractivity contribution < 1.29 is 4.92 Å². The quantitative estimate of drug-likeness (QED) is 0.623. The number of likely N-dealkylation sites (tertiary alicyclic amines) is 1. The van der Waals surface area contributed by atoms with E-state index in [9.17, 15) is 14.9 Å². The minimum atomic E-state index is -0.471. The molecule has 0 aromatic carbocycles. The number of nitro groups is 1. The van der Waals surface area contributed by atoms with Crippen LogP contribution >= 0.6 is 11.3 Å². The van der Waals surface area contributed by atoms with Crippen LogP contribution in [-0.4, -0.2) is 33.5 Å². The van der Waals surface area contributed by atoms with Crippen molar-refractivity contribution in [2.24, 2.45) is 0 Å². The van der Waals surface area contributed by atoms with Crippen molar-refractivity contribution in [3.63, 3.8) is 0 Å². The summed E-state index contributed by atoms with van der Waals surface area (Å²) in [5.74, 6) is 0.540. The van der Waals surface area contributed by atoms with Gasteiger partial charge in [-0.3, -0.25) is 19.8 Å². The van der Waals surface area contributed by atoms with Gasteiger partial charge in [0.2, 0.25) is 0 Å². The molecule has 2 atom stereocenters. The van der Waals surface area contributed by atoms with Gasteiger partial charge in [-0.1, -0.05) is 0 Å². The highest BCUT2D eigenvalue weighted by Crippen LogP contribution is 2.32. The van der Waals surface area contributed by atoms with Crippen LogP contribution in [0, 0.1) is 10.1 Å². The lowest BCUT2D eigenvalue weighted by Gasteiger charge is -2.21.